The molecule has 0 amide bonds. The topological polar surface area (TPSA) is 45.6 Å². The smallest absolute Gasteiger partial charge is 0.132 e. The van der Waals surface area contributed by atoms with Crippen molar-refractivity contribution in [2.75, 3.05) is 22.1 Å². The van der Waals surface area contributed by atoms with Crippen molar-refractivity contribution in [3.63, 3.8) is 0 Å². The summed E-state index contributed by atoms with van der Waals surface area (Å²) in [6.07, 6.45) is 10.7. The van der Waals surface area contributed by atoms with Crippen molar-refractivity contribution in [3.8, 4) is 5.75 Å². The quantitative estimate of drug-likeness (QED) is 0.640. The molecule has 4 nitrogen and oxygen atoms in total. The van der Waals surface area contributed by atoms with Gasteiger partial charge in [0.1, 0.15) is 17.3 Å². The second-order valence-electron chi connectivity index (χ2n) is 7.95. The minimum atomic E-state index is -0.107. The van der Waals surface area contributed by atoms with Gasteiger partial charge in [0.2, 0.25) is 0 Å². The van der Waals surface area contributed by atoms with Crippen LogP contribution in [0.25, 0.3) is 0 Å². The standard InChI is InChI=1S/C25H27N3OS/c1-2-9-20(10-3-1)29-23-13-7-4-8-19(23)18-26-24-25(14-16-30-17-15-25)28-22-12-6-5-11-21(22)27-24/h2,4-13,28H,1,3,14-18H2,(H,26,27). The Kier molecular flexibility index (Phi) is 5.54. The molecule has 2 aromatic rings. The van der Waals surface area contributed by atoms with Crippen LogP contribution in [0, 0.1) is 0 Å². The van der Waals surface area contributed by atoms with Crippen molar-refractivity contribution in [3.05, 3.63) is 78.1 Å². The Balaban J connectivity index is 1.43. The van der Waals surface area contributed by atoms with E-state index in [2.05, 4.69) is 65.3 Å². The van der Waals surface area contributed by atoms with Gasteiger partial charge in [0.25, 0.3) is 0 Å². The number of hydrogen-bond donors (Lipinski definition) is 2. The molecule has 5 rings (SSSR count). The molecule has 5 heteroatoms. The van der Waals surface area contributed by atoms with E-state index in [4.69, 9.17) is 9.73 Å². The average molecular weight is 418 g/mol. The molecule has 0 aromatic heterocycles. The van der Waals surface area contributed by atoms with Gasteiger partial charge in [-0.1, -0.05) is 36.4 Å². The van der Waals surface area contributed by atoms with E-state index in [1.807, 2.05) is 23.9 Å². The van der Waals surface area contributed by atoms with Crippen LogP contribution in [-0.2, 0) is 6.54 Å². The zero-order chi connectivity index (χ0) is 20.2. The number of aliphatic imine (C=N–C) groups is 1. The van der Waals surface area contributed by atoms with Crippen LogP contribution in [0.1, 0.15) is 31.2 Å². The molecule has 1 spiro atoms. The minimum absolute atomic E-state index is 0.107. The van der Waals surface area contributed by atoms with Crippen molar-refractivity contribution in [1.29, 1.82) is 0 Å². The summed E-state index contributed by atoms with van der Waals surface area (Å²) in [7, 11) is 0. The fraction of sp³-hybridized carbons (Fsp3) is 0.320. The highest BCUT2D eigenvalue weighted by atomic mass is 32.2. The van der Waals surface area contributed by atoms with E-state index in [0.29, 0.717) is 6.54 Å². The van der Waals surface area contributed by atoms with Crippen LogP contribution in [-0.4, -0.2) is 22.9 Å². The zero-order valence-electron chi connectivity index (χ0n) is 17.1. The summed E-state index contributed by atoms with van der Waals surface area (Å²) in [5.74, 6) is 5.16. The number of nitrogens with one attached hydrogen (secondary N) is 2. The highest BCUT2D eigenvalue weighted by molar-refractivity contribution is 7.99. The van der Waals surface area contributed by atoms with Crippen LogP contribution in [0.15, 0.2) is 77.5 Å². The maximum atomic E-state index is 6.19. The summed E-state index contributed by atoms with van der Waals surface area (Å²) in [6.45, 7) is 0.592. The Hall–Kier alpha value is -2.66. The van der Waals surface area contributed by atoms with Crippen LogP contribution < -0.4 is 15.4 Å². The van der Waals surface area contributed by atoms with Crippen molar-refractivity contribution in [2.24, 2.45) is 4.99 Å². The maximum absolute atomic E-state index is 6.19. The third-order valence-corrected chi connectivity index (χ3v) is 6.91. The molecule has 0 bridgehead atoms. The van der Waals surface area contributed by atoms with Crippen molar-refractivity contribution in [2.45, 2.75) is 37.8 Å². The number of fused-ring (bicyclic) bond motifs is 1. The number of allylic oxidation sites excluding steroid dienone is 3. The summed E-state index contributed by atoms with van der Waals surface area (Å²) < 4.78 is 6.19. The number of nitrogens with zero attached hydrogens (tertiary/aromatic N) is 1. The van der Waals surface area contributed by atoms with Gasteiger partial charge in [-0.05, 0) is 67.5 Å². The first kappa shape index (κ1) is 19.3. The molecule has 0 unspecified atom stereocenters. The molecular weight excluding hydrogens is 390 g/mol. The lowest BCUT2D eigenvalue weighted by Gasteiger charge is -2.43. The lowest BCUT2D eigenvalue weighted by molar-refractivity contribution is 0.434. The molecule has 2 heterocycles. The molecule has 1 fully saturated rings. The molecule has 154 valence electrons. The largest absolute Gasteiger partial charge is 0.457 e. The average Bonchev–Trinajstić information content (AvgIpc) is 2.80. The summed E-state index contributed by atoms with van der Waals surface area (Å²) in [4.78, 5) is 5.10. The number of ether oxygens (including phenoxy) is 1. The van der Waals surface area contributed by atoms with Crippen LogP contribution >= 0.6 is 11.8 Å². The number of rotatable bonds is 4. The van der Waals surface area contributed by atoms with E-state index >= 15 is 0 Å². The van der Waals surface area contributed by atoms with Gasteiger partial charge in [0.15, 0.2) is 0 Å². The molecule has 2 aliphatic heterocycles. The molecule has 1 saturated heterocycles. The maximum Gasteiger partial charge on any atom is 0.132 e. The Morgan fingerprint density at radius 1 is 0.967 bits per heavy atom. The molecule has 0 saturated carbocycles. The number of thioether (sulfide) groups is 1. The molecule has 1 aliphatic carbocycles. The first-order chi connectivity index (χ1) is 14.8. The van der Waals surface area contributed by atoms with E-state index in [1.54, 1.807) is 0 Å². The van der Waals surface area contributed by atoms with Gasteiger partial charge < -0.3 is 15.4 Å². The predicted molar refractivity (Wildman–Crippen MR) is 128 cm³/mol. The van der Waals surface area contributed by atoms with Crippen LogP contribution in [0.3, 0.4) is 0 Å². The van der Waals surface area contributed by atoms with E-state index in [-0.39, 0.29) is 5.54 Å². The van der Waals surface area contributed by atoms with E-state index in [9.17, 15) is 0 Å². The molecule has 30 heavy (non-hydrogen) atoms. The SMILES string of the molecule is C1=CC(Oc2ccccc2CN=C2Nc3ccccc3NC23CCSCC3)=CCC1. The van der Waals surface area contributed by atoms with Gasteiger partial charge >= 0.3 is 0 Å². The Morgan fingerprint density at radius 2 is 1.77 bits per heavy atom. The van der Waals surface area contributed by atoms with Gasteiger partial charge in [-0.25, -0.2) is 0 Å². The summed E-state index contributed by atoms with van der Waals surface area (Å²) in [6, 6.07) is 16.6. The molecule has 0 atom stereocenters. The third kappa shape index (κ3) is 3.99. The summed E-state index contributed by atoms with van der Waals surface area (Å²) >= 11 is 2.03. The first-order valence-electron chi connectivity index (χ1n) is 10.7. The third-order valence-electron chi connectivity index (χ3n) is 5.92. The van der Waals surface area contributed by atoms with Gasteiger partial charge in [-0.15, -0.1) is 0 Å². The van der Waals surface area contributed by atoms with Crippen molar-refractivity contribution >= 4 is 29.0 Å². The Morgan fingerprint density at radius 3 is 2.60 bits per heavy atom. The zero-order valence-corrected chi connectivity index (χ0v) is 17.9. The van der Waals surface area contributed by atoms with E-state index in [0.717, 1.165) is 65.8 Å². The summed E-state index contributed by atoms with van der Waals surface area (Å²) in [5, 5.41) is 7.47. The summed E-state index contributed by atoms with van der Waals surface area (Å²) in [5.41, 5.74) is 3.26. The lowest BCUT2D eigenvalue weighted by Crippen LogP contribution is -2.54. The van der Waals surface area contributed by atoms with Crippen LogP contribution in [0.5, 0.6) is 5.75 Å². The molecule has 2 aromatic carbocycles. The lowest BCUT2D eigenvalue weighted by atomic mass is 9.87. The fourth-order valence-electron chi connectivity index (χ4n) is 4.23. The fourth-order valence-corrected chi connectivity index (χ4v) is 5.42. The normalized spacial score (nSPS) is 20.8. The Bertz CT molecular complexity index is 1000. The van der Waals surface area contributed by atoms with Crippen molar-refractivity contribution < 1.29 is 4.74 Å². The minimum Gasteiger partial charge on any atom is -0.457 e. The van der Waals surface area contributed by atoms with E-state index in [1.165, 1.54) is 5.69 Å². The molecular formula is C25H27N3OS. The monoisotopic (exact) mass is 417 g/mol. The van der Waals surface area contributed by atoms with Gasteiger partial charge in [-0.3, -0.25) is 4.99 Å². The second kappa shape index (κ2) is 8.60. The number of para-hydroxylation sites is 3. The van der Waals surface area contributed by atoms with Gasteiger partial charge in [-0.2, -0.15) is 11.8 Å². The highest BCUT2D eigenvalue weighted by Gasteiger charge is 2.41. The van der Waals surface area contributed by atoms with Gasteiger partial charge in [0, 0.05) is 5.56 Å². The number of benzene rings is 2. The van der Waals surface area contributed by atoms with E-state index < -0.39 is 0 Å². The predicted octanol–water partition coefficient (Wildman–Crippen LogP) is 6.00. The second-order valence-corrected chi connectivity index (χ2v) is 9.18. The molecule has 2 N–H and O–H groups in total. The van der Waals surface area contributed by atoms with Crippen LogP contribution in [0.2, 0.25) is 0 Å². The molecule has 3 aliphatic rings. The van der Waals surface area contributed by atoms with Crippen LogP contribution in [0.4, 0.5) is 11.4 Å². The highest BCUT2D eigenvalue weighted by Crippen LogP contribution is 2.39. The Labute approximate surface area is 182 Å². The first-order valence-corrected chi connectivity index (χ1v) is 11.9. The number of hydrogen-bond acceptors (Lipinski definition) is 4. The van der Waals surface area contributed by atoms with Crippen molar-refractivity contribution in [1.82, 2.24) is 0 Å². The number of amidine groups is 1. The van der Waals surface area contributed by atoms with Gasteiger partial charge in [0.05, 0.1) is 23.5 Å². The number of anilines is 2. The molecule has 0 radical (unpaired) electrons.